The predicted octanol–water partition coefficient (Wildman–Crippen LogP) is 1.63. The third kappa shape index (κ3) is 7.40. The van der Waals surface area contributed by atoms with Crippen LogP contribution in [0.1, 0.15) is 39.2 Å². The predicted molar refractivity (Wildman–Crippen MR) is 110 cm³/mol. The van der Waals surface area contributed by atoms with Gasteiger partial charge in [-0.2, -0.15) is 0 Å². The Hall–Kier alpha value is -3.43. The van der Waals surface area contributed by atoms with Gasteiger partial charge in [0.1, 0.15) is 6.61 Å². The summed E-state index contributed by atoms with van der Waals surface area (Å²) < 4.78 is 5.24. The molecular weight excluding hydrogens is 406 g/mol. The van der Waals surface area contributed by atoms with Gasteiger partial charge in [0, 0.05) is 6.42 Å². The lowest BCUT2D eigenvalue weighted by molar-refractivity contribution is -0.141. The first-order valence-electron chi connectivity index (χ1n) is 9.89. The molecule has 0 bridgehead atoms. The van der Waals surface area contributed by atoms with Crippen molar-refractivity contribution in [1.82, 2.24) is 10.6 Å². The van der Waals surface area contributed by atoms with Crippen LogP contribution in [-0.4, -0.2) is 52.8 Å². The second-order valence-corrected chi connectivity index (χ2v) is 7.58. The maximum absolute atomic E-state index is 12.4. The number of carbonyl (C=O) groups excluding carboxylic acids is 3. The summed E-state index contributed by atoms with van der Waals surface area (Å²) in [5.41, 5.74) is 1.29. The van der Waals surface area contributed by atoms with Crippen LogP contribution in [0.3, 0.4) is 0 Å². The molecule has 0 fully saturated rings. The zero-order valence-corrected chi connectivity index (χ0v) is 17.7. The van der Waals surface area contributed by atoms with Crippen molar-refractivity contribution in [1.29, 1.82) is 0 Å². The Labute approximate surface area is 180 Å². The average Bonchev–Trinajstić information content (AvgIpc) is 3.20. The fourth-order valence-corrected chi connectivity index (χ4v) is 2.98. The SMILES string of the molecule is CC(=O)[C@H](CC(=O)O)NC(=O)C1CC(C(NC(=O)OCc2ccccc2)C(C)C)=NO1. The van der Waals surface area contributed by atoms with E-state index in [0.29, 0.717) is 5.71 Å². The van der Waals surface area contributed by atoms with Crippen molar-refractivity contribution in [2.24, 2.45) is 11.1 Å². The zero-order valence-electron chi connectivity index (χ0n) is 17.7. The molecule has 2 rings (SSSR count). The molecule has 0 radical (unpaired) electrons. The summed E-state index contributed by atoms with van der Waals surface area (Å²) >= 11 is 0. The summed E-state index contributed by atoms with van der Waals surface area (Å²) in [6, 6.07) is 7.55. The lowest BCUT2D eigenvalue weighted by atomic mass is 9.95. The second kappa shape index (κ2) is 11.1. The number of aliphatic carboxylic acids is 1. The van der Waals surface area contributed by atoms with Crippen LogP contribution in [0.5, 0.6) is 0 Å². The molecule has 168 valence electrons. The van der Waals surface area contributed by atoms with Gasteiger partial charge in [-0.15, -0.1) is 0 Å². The number of oxime groups is 1. The van der Waals surface area contributed by atoms with Gasteiger partial charge in [0.25, 0.3) is 5.91 Å². The normalized spacial score (nSPS) is 17.2. The Morgan fingerprint density at radius 3 is 2.45 bits per heavy atom. The van der Waals surface area contributed by atoms with E-state index in [4.69, 9.17) is 14.7 Å². The minimum Gasteiger partial charge on any atom is -0.481 e. The highest BCUT2D eigenvalue weighted by Crippen LogP contribution is 2.18. The molecule has 0 aliphatic carbocycles. The van der Waals surface area contributed by atoms with Crippen LogP contribution in [-0.2, 0) is 30.6 Å². The fourth-order valence-electron chi connectivity index (χ4n) is 2.98. The molecule has 1 aliphatic heterocycles. The summed E-state index contributed by atoms with van der Waals surface area (Å²) in [6.45, 7) is 5.06. The number of nitrogens with one attached hydrogen (secondary N) is 2. The summed E-state index contributed by atoms with van der Waals surface area (Å²) in [7, 11) is 0. The summed E-state index contributed by atoms with van der Waals surface area (Å²) in [6.07, 6.45) is -2.08. The number of hydrogen-bond acceptors (Lipinski definition) is 7. The third-order valence-corrected chi connectivity index (χ3v) is 4.68. The number of carbonyl (C=O) groups is 4. The third-order valence-electron chi connectivity index (χ3n) is 4.68. The lowest BCUT2D eigenvalue weighted by Gasteiger charge is -2.21. The Bertz CT molecular complexity index is 839. The summed E-state index contributed by atoms with van der Waals surface area (Å²) in [5, 5.41) is 17.9. The minimum atomic E-state index is -1.21. The summed E-state index contributed by atoms with van der Waals surface area (Å²) in [4.78, 5) is 52.2. The highest BCUT2D eigenvalue weighted by molar-refractivity contribution is 5.98. The van der Waals surface area contributed by atoms with E-state index in [0.717, 1.165) is 5.56 Å². The van der Waals surface area contributed by atoms with Crippen LogP contribution < -0.4 is 10.6 Å². The van der Waals surface area contributed by atoms with Crippen molar-refractivity contribution < 1.29 is 33.9 Å². The van der Waals surface area contributed by atoms with Gasteiger partial charge >= 0.3 is 12.1 Å². The number of carboxylic acid groups (broad SMARTS) is 1. The van der Waals surface area contributed by atoms with E-state index in [2.05, 4.69) is 15.8 Å². The zero-order chi connectivity index (χ0) is 23.0. The minimum absolute atomic E-state index is 0.0644. The van der Waals surface area contributed by atoms with E-state index < -0.39 is 48.4 Å². The molecule has 1 aromatic rings. The molecule has 0 saturated carbocycles. The molecule has 1 aliphatic rings. The Morgan fingerprint density at radius 1 is 1.19 bits per heavy atom. The van der Waals surface area contributed by atoms with E-state index in [1.165, 1.54) is 6.92 Å². The average molecular weight is 433 g/mol. The first-order chi connectivity index (χ1) is 14.7. The molecular formula is C21H27N3O7. The number of amides is 2. The number of benzene rings is 1. The lowest BCUT2D eigenvalue weighted by Crippen LogP contribution is -2.47. The van der Waals surface area contributed by atoms with Gasteiger partial charge in [-0.25, -0.2) is 4.79 Å². The van der Waals surface area contributed by atoms with Crippen LogP contribution >= 0.6 is 0 Å². The molecule has 2 unspecified atom stereocenters. The Kier molecular flexibility index (Phi) is 8.53. The van der Waals surface area contributed by atoms with Gasteiger partial charge in [-0.3, -0.25) is 14.4 Å². The quantitative estimate of drug-likeness (QED) is 0.509. The maximum atomic E-state index is 12.4. The molecule has 0 saturated heterocycles. The van der Waals surface area contributed by atoms with Crippen LogP contribution in [0.15, 0.2) is 35.5 Å². The van der Waals surface area contributed by atoms with Crippen LogP contribution in [0.2, 0.25) is 0 Å². The molecule has 0 aromatic heterocycles. The molecule has 31 heavy (non-hydrogen) atoms. The molecule has 10 heteroatoms. The Balaban J connectivity index is 1.91. The topological polar surface area (TPSA) is 143 Å². The van der Waals surface area contributed by atoms with E-state index in [9.17, 15) is 19.2 Å². The number of nitrogens with zero attached hydrogens (tertiary/aromatic N) is 1. The van der Waals surface area contributed by atoms with Crippen molar-refractivity contribution in [3.05, 3.63) is 35.9 Å². The number of ketones is 1. The van der Waals surface area contributed by atoms with Crippen molar-refractivity contribution >= 4 is 29.5 Å². The fraction of sp³-hybridized carbons (Fsp3) is 0.476. The van der Waals surface area contributed by atoms with E-state index in [1.54, 1.807) is 0 Å². The van der Waals surface area contributed by atoms with Gasteiger partial charge in [0.2, 0.25) is 6.10 Å². The van der Waals surface area contributed by atoms with E-state index in [1.807, 2.05) is 44.2 Å². The van der Waals surface area contributed by atoms with Crippen molar-refractivity contribution in [2.75, 3.05) is 0 Å². The number of ether oxygens (including phenoxy) is 1. The molecule has 10 nitrogen and oxygen atoms in total. The highest BCUT2D eigenvalue weighted by atomic mass is 16.6. The second-order valence-electron chi connectivity index (χ2n) is 7.58. The Morgan fingerprint density at radius 2 is 1.87 bits per heavy atom. The molecule has 1 heterocycles. The van der Waals surface area contributed by atoms with Gasteiger partial charge in [-0.05, 0) is 18.4 Å². The largest absolute Gasteiger partial charge is 0.481 e. The van der Waals surface area contributed by atoms with Gasteiger partial charge in [-0.1, -0.05) is 49.3 Å². The van der Waals surface area contributed by atoms with Crippen molar-refractivity contribution in [2.45, 2.75) is 58.4 Å². The van der Waals surface area contributed by atoms with Gasteiger partial charge < -0.3 is 25.3 Å². The monoisotopic (exact) mass is 433 g/mol. The number of alkyl carbamates (subject to hydrolysis) is 1. The molecule has 3 N–H and O–H groups in total. The number of Topliss-reactive ketones (excluding diaryl/α,β-unsaturated/α-hetero) is 1. The maximum Gasteiger partial charge on any atom is 0.408 e. The standard InChI is InChI=1S/C21H27N3O7/c1-12(2)19(23-21(29)30-11-14-7-5-4-6-8-14)16-9-17(31-24-16)20(28)22-15(13(3)25)10-18(26)27/h4-8,12,15,17,19H,9-11H2,1-3H3,(H,22,28)(H,23,29)(H,26,27)/t15-,17?,19?/m0/s1. The molecule has 3 atom stereocenters. The van der Waals surface area contributed by atoms with Crippen LogP contribution in [0.4, 0.5) is 4.79 Å². The van der Waals surface area contributed by atoms with Crippen molar-refractivity contribution in [3.8, 4) is 0 Å². The smallest absolute Gasteiger partial charge is 0.408 e. The number of carboxylic acids is 1. The first-order valence-corrected chi connectivity index (χ1v) is 9.89. The van der Waals surface area contributed by atoms with Crippen molar-refractivity contribution in [3.63, 3.8) is 0 Å². The van der Waals surface area contributed by atoms with Crippen LogP contribution in [0, 0.1) is 5.92 Å². The van der Waals surface area contributed by atoms with E-state index in [-0.39, 0.29) is 18.9 Å². The number of hydrogen-bond donors (Lipinski definition) is 3. The molecule has 2 amide bonds. The van der Waals surface area contributed by atoms with Gasteiger partial charge in [0.15, 0.2) is 5.78 Å². The summed E-state index contributed by atoms with van der Waals surface area (Å²) in [5.74, 6) is -2.39. The highest BCUT2D eigenvalue weighted by Gasteiger charge is 2.35. The number of rotatable bonds is 10. The molecule has 0 spiro atoms. The first kappa shape index (κ1) is 23.8. The molecule has 1 aromatic carbocycles. The van der Waals surface area contributed by atoms with Gasteiger partial charge in [0.05, 0.1) is 24.2 Å². The van der Waals surface area contributed by atoms with E-state index >= 15 is 0 Å². The van der Waals surface area contributed by atoms with Crippen LogP contribution in [0.25, 0.3) is 0 Å².